The van der Waals surface area contributed by atoms with Gasteiger partial charge in [0, 0.05) is 13.1 Å². The number of nitrogens with zero attached hydrogens (tertiary/aromatic N) is 3. The Morgan fingerprint density at radius 2 is 1.67 bits per heavy atom. The lowest BCUT2D eigenvalue weighted by Crippen LogP contribution is -2.60. The molecule has 0 bridgehead atoms. The Balaban J connectivity index is 3.03. The summed E-state index contributed by atoms with van der Waals surface area (Å²) in [4.78, 5) is 0.989. The number of rotatable bonds is 5. The Morgan fingerprint density at radius 1 is 1.10 bits per heavy atom. The van der Waals surface area contributed by atoms with Crippen LogP contribution in [0.2, 0.25) is 0 Å². The zero-order valence-corrected chi connectivity index (χ0v) is 12.7. The van der Waals surface area contributed by atoms with Gasteiger partial charge in [-0.2, -0.15) is 27.1 Å². The van der Waals surface area contributed by atoms with Crippen LogP contribution < -0.4 is 0 Å². The molecule has 1 aliphatic rings. The van der Waals surface area contributed by atoms with Crippen LogP contribution in [-0.4, -0.2) is 47.6 Å². The molecule has 0 aliphatic carbocycles. The molecule has 21 heavy (non-hydrogen) atoms. The first-order valence-corrected chi connectivity index (χ1v) is 6.91. The molecule has 0 aromatic rings. The Labute approximate surface area is 121 Å². The van der Waals surface area contributed by atoms with Crippen molar-refractivity contribution >= 4 is 6.34 Å². The van der Waals surface area contributed by atoms with E-state index >= 15 is 0 Å². The molecular weight excluding hydrogens is 293 g/mol. The predicted molar refractivity (Wildman–Crippen MR) is 71.1 cm³/mol. The lowest BCUT2D eigenvalue weighted by molar-refractivity contribution is -0.314. The molecule has 0 radical (unpaired) electrons. The van der Waals surface area contributed by atoms with E-state index in [-0.39, 0.29) is 13.1 Å². The summed E-state index contributed by atoms with van der Waals surface area (Å²) >= 11 is 0. The highest BCUT2D eigenvalue weighted by molar-refractivity contribution is 5.57. The first kappa shape index (κ1) is 18.0. The van der Waals surface area contributed by atoms with E-state index in [1.54, 1.807) is 20.8 Å². The van der Waals surface area contributed by atoms with Crippen LogP contribution in [0, 0.1) is 5.41 Å². The molecule has 1 atom stereocenters. The minimum absolute atomic E-state index is 0.0649. The lowest BCUT2D eigenvalue weighted by atomic mass is 9.95. The summed E-state index contributed by atoms with van der Waals surface area (Å²) in [7, 11) is 0. The molecule has 1 heterocycles. The van der Waals surface area contributed by atoms with Crippen LogP contribution in [0.5, 0.6) is 0 Å². The topological polar surface area (TPSA) is 18.8 Å². The van der Waals surface area contributed by atoms with Crippen LogP contribution in [0.3, 0.4) is 0 Å². The average Bonchev–Trinajstić information content (AvgIpc) is 2.65. The summed E-state index contributed by atoms with van der Waals surface area (Å²) in [6.45, 7) is 7.30. The minimum Gasteiger partial charge on any atom is -0.334 e. The van der Waals surface area contributed by atoms with Gasteiger partial charge in [-0.1, -0.05) is 34.1 Å². The molecule has 1 aliphatic heterocycles. The molecule has 0 saturated heterocycles. The fraction of sp³-hybridized carbons (Fsp3) is 0.923. The average molecular weight is 315 g/mol. The summed E-state index contributed by atoms with van der Waals surface area (Å²) in [5.74, 6) is -4.84. The maximum Gasteiger partial charge on any atom is 0.457 e. The second kappa shape index (κ2) is 5.96. The number of alkyl halides is 5. The molecule has 0 aromatic heterocycles. The monoisotopic (exact) mass is 315 g/mol. The van der Waals surface area contributed by atoms with Crippen molar-refractivity contribution in [2.45, 2.75) is 58.8 Å². The highest BCUT2D eigenvalue weighted by Crippen LogP contribution is 2.43. The van der Waals surface area contributed by atoms with Crippen molar-refractivity contribution in [1.29, 1.82) is 0 Å². The number of hydrogen-bond donors (Lipinski definition) is 0. The maximum absolute atomic E-state index is 13.9. The normalized spacial score (nSPS) is 20.5. The van der Waals surface area contributed by atoms with E-state index < -0.39 is 23.7 Å². The summed E-state index contributed by atoms with van der Waals surface area (Å²) in [5, 5.41) is 4.60. The molecule has 3 nitrogen and oxygen atoms in total. The van der Waals surface area contributed by atoms with Crippen molar-refractivity contribution in [3.63, 3.8) is 0 Å². The van der Waals surface area contributed by atoms with E-state index in [1.807, 2.05) is 6.92 Å². The van der Waals surface area contributed by atoms with E-state index in [0.29, 0.717) is 12.8 Å². The van der Waals surface area contributed by atoms with Crippen molar-refractivity contribution in [3.8, 4) is 0 Å². The Hall–Kier alpha value is -1.08. The van der Waals surface area contributed by atoms with Crippen LogP contribution in [0.4, 0.5) is 22.0 Å². The minimum atomic E-state index is -5.61. The van der Waals surface area contributed by atoms with Crippen LogP contribution in [-0.2, 0) is 0 Å². The molecule has 0 aromatic carbocycles. The summed E-state index contributed by atoms with van der Waals surface area (Å²) in [6, 6.07) is 0. The van der Waals surface area contributed by atoms with Gasteiger partial charge >= 0.3 is 12.1 Å². The first-order chi connectivity index (χ1) is 9.40. The van der Waals surface area contributed by atoms with Gasteiger partial charge < -0.3 is 4.90 Å². The molecule has 8 heteroatoms. The van der Waals surface area contributed by atoms with Gasteiger partial charge in [-0.05, 0) is 11.8 Å². The van der Waals surface area contributed by atoms with E-state index in [4.69, 9.17) is 0 Å². The van der Waals surface area contributed by atoms with Gasteiger partial charge in [0.05, 0.1) is 0 Å². The molecule has 0 saturated carbocycles. The molecule has 0 N–H and O–H groups in total. The standard InChI is InChI=1S/C13H22F5N3/c1-5-6-7-21-10(12(14,15)13(16,17)18)20(9-19-21)8-11(2,3)4/h9-10H,5-8H2,1-4H3. The van der Waals surface area contributed by atoms with Crippen molar-refractivity contribution < 1.29 is 22.0 Å². The molecule has 1 rings (SSSR count). The lowest BCUT2D eigenvalue weighted by Gasteiger charge is -2.39. The fourth-order valence-corrected chi connectivity index (χ4v) is 2.15. The quantitative estimate of drug-likeness (QED) is 0.716. The largest absolute Gasteiger partial charge is 0.457 e. The summed E-state index contributed by atoms with van der Waals surface area (Å²) in [5.41, 5.74) is -0.424. The summed E-state index contributed by atoms with van der Waals surface area (Å²) in [6.07, 6.45) is -5.43. The summed E-state index contributed by atoms with van der Waals surface area (Å²) < 4.78 is 65.9. The van der Waals surface area contributed by atoms with Crippen molar-refractivity contribution in [2.75, 3.05) is 13.1 Å². The number of halogens is 5. The second-order valence-electron chi connectivity index (χ2n) is 6.47. The van der Waals surface area contributed by atoms with E-state index in [0.717, 1.165) is 16.2 Å². The third-order valence-electron chi connectivity index (χ3n) is 3.04. The Kier molecular flexibility index (Phi) is 5.10. The van der Waals surface area contributed by atoms with Gasteiger partial charge in [-0.25, -0.2) is 0 Å². The zero-order chi connectivity index (χ0) is 16.5. The van der Waals surface area contributed by atoms with E-state index in [1.165, 1.54) is 0 Å². The number of hydrazone groups is 1. The van der Waals surface area contributed by atoms with E-state index in [2.05, 4.69) is 5.10 Å². The van der Waals surface area contributed by atoms with Crippen LogP contribution in [0.25, 0.3) is 0 Å². The van der Waals surface area contributed by atoms with Gasteiger partial charge in [-0.15, -0.1) is 0 Å². The highest BCUT2D eigenvalue weighted by atomic mass is 19.4. The number of hydrogen-bond acceptors (Lipinski definition) is 3. The predicted octanol–water partition coefficient (Wildman–Crippen LogP) is 3.92. The highest BCUT2D eigenvalue weighted by Gasteiger charge is 2.66. The second-order valence-corrected chi connectivity index (χ2v) is 6.47. The van der Waals surface area contributed by atoms with Gasteiger partial charge in [0.2, 0.25) is 0 Å². The molecule has 0 spiro atoms. The Morgan fingerprint density at radius 3 is 2.10 bits per heavy atom. The van der Waals surface area contributed by atoms with Crippen LogP contribution >= 0.6 is 0 Å². The third kappa shape index (κ3) is 4.20. The maximum atomic E-state index is 13.9. The zero-order valence-electron chi connectivity index (χ0n) is 12.7. The van der Waals surface area contributed by atoms with Crippen molar-refractivity contribution in [2.24, 2.45) is 10.5 Å². The molecule has 0 fully saturated rings. The van der Waals surface area contributed by atoms with Crippen molar-refractivity contribution in [3.05, 3.63) is 0 Å². The van der Waals surface area contributed by atoms with Crippen molar-refractivity contribution in [1.82, 2.24) is 9.91 Å². The third-order valence-corrected chi connectivity index (χ3v) is 3.04. The van der Waals surface area contributed by atoms with Crippen LogP contribution in [0.15, 0.2) is 5.10 Å². The van der Waals surface area contributed by atoms with Gasteiger partial charge in [0.1, 0.15) is 6.34 Å². The SMILES string of the molecule is CCCCN1N=CN(CC(C)(C)C)C1C(F)(F)C(F)(F)F. The van der Waals surface area contributed by atoms with Crippen LogP contribution in [0.1, 0.15) is 40.5 Å². The smallest absolute Gasteiger partial charge is 0.334 e. The molecule has 124 valence electrons. The van der Waals surface area contributed by atoms with E-state index in [9.17, 15) is 22.0 Å². The van der Waals surface area contributed by atoms with Gasteiger partial charge in [-0.3, -0.25) is 5.01 Å². The first-order valence-electron chi connectivity index (χ1n) is 6.91. The Bertz CT molecular complexity index is 373. The fourth-order valence-electron chi connectivity index (χ4n) is 2.15. The van der Waals surface area contributed by atoms with Gasteiger partial charge in [0.25, 0.3) is 0 Å². The number of unbranched alkanes of at least 4 members (excludes halogenated alkanes) is 1. The molecule has 1 unspecified atom stereocenters. The molecule has 0 amide bonds. The molecular formula is C13H22F5N3. The van der Waals surface area contributed by atoms with Gasteiger partial charge in [0.15, 0.2) is 6.17 Å².